The third-order valence-electron chi connectivity index (χ3n) is 4.69. The van der Waals surface area contributed by atoms with Crippen molar-refractivity contribution >= 4 is 0 Å². The van der Waals surface area contributed by atoms with E-state index >= 15 is 0 Å². The Hall–Kier alpha value is -0.0800. The molecule has 0 spiro atoms. The minimum Gasteiger partial charge on any atom is -0.312 e. The quantitative estimate of drug-likeness (QED) is 0.792. The zero-order chi connectivity index (χ0) is 12.3. The van der Waals surface area contributed by atoms with Gasteiger partial charge in [-0.1, -0.05) is 20.8 Å². The molecule has 1 heterocycles. The van der Waals surface area contributed by atoms with Crippen molar-refractivity contribution in [3.8, 4) is 0 Å². The maximum atomic E-state index is 3.83. The van der Waals surface area contributed by atoms with E-state index in [-0.39, 0.29) is 0 Å². The molecule has 1 saturated heterocycles. The van der Waals surface area contributed by atoms with Gasteiger partial charge in [0.05, 0.1) is 0 Å². The number of hydrogen-bond donors (Lipinski definition) is 1. The summed E-state index contributed by atoms with van der Waals surface area (Å²) in [5.74, 6) is 1.72. The van der Waals surface area contributed by atoms with Gasteiger partial charge in [-0.3, -0.25) is 4.90 Å². The second-order valence-corrected chi connectivity index (χ2v) is 6.58. The van der Waals surface area contributed by atoms with Crippen LogP contribution >= 0.6 is 0 Å². The summed E-state index contributed by atoms with van der Waals surface area (Å²) < 4.78 is 0. The third-order valence-corrected chi connectivity index (χ3v) is 4.69. The minimum absolute atomic E-state index is 0.758. The molecule has 0 amide bonds. The van der Waals surface area contributed by atoms with Gasteiger partial charge in [-0.2, -0.15) is 0 Å². The Balaban J connectivity index is 1.77. The smallest absolute Gasteiger partial charge is 0.0243 e. The van der Waals surface area contributed by atoms with Crippen molar-refractivity contribution in [2.24, 2.45) is 11.8 Å². The van der Waals surface area contributed by atoms with Gasteiger partial charge in [0.15, 0.2) is 0 Å². The van der Waals surface area contributed by atoms with Crippen molar-refractivity contribution in [3.05, 3.63) is 0 Å². The fourth-order valence-electron chi connectivity index (χ4n) is 3.54. The maximum Gasteiger partial charge on any atom is 0.0243 e. The molecule has 2 heteroatoms. The van der Waals surface area contributed by atoms with Crippen LogP contribution in [0.5, 0.6) is 0 Å². The van der Waals surface area contributed by atoms with E-state index in [1.807, 2.05) is 0 Å². The molecule has 0 bridgehead atoms. The number of rotatable bonds is 5. The maximum absolute atomic E-state index is 3.83. The summed E-state index contributed by atoms with van der Waals surface area (Å²) in [4.78, 5) is 2.70. The van der Waals surface area contributed by atoms with E-state index in [2.05, 4.69) is 31.0 Å². The van der Waals surface area contributed by atoms with Crippen molar-refractivity contribution in [1.29, 1.82) is 0 Å². The van der Waals surface area contributed by atoms with E-state index in [0.717, 1.165) is 23.9 Å². The molecule has 2 nitrogen and oxygen atoms in total. The van der Waals surface area contributed by atoms with E-state index < -0.39 is 0 Å². The lowest BCUT2D eigenvalue weighted by Gasteiger charge is -2.32. The summed E-state index contributed by atoms with van der Waals surface area (Å²) in [6.45, 7) is 11.0. The van der Waals surface area contributed by atoms with Crippen LogP contribution in [0.15, 0.2) is 0 Å². The molecule has 3 unspecified atom stereocenters. The molecular weight excluding hydrogens is 208 g/mol. The van der Waals surface area contributed by atoms with Crippen LogP contribution in [0.1, 0.15) is 52.9 Å². The number of hydrogen-bond acceptors (Lipinski definition) is 2. The van der Waals surface area contributed by atoms with Crippen molar-refractivity contribution in [2.45, 2.75) is 65.0 Å². The molecule has 100 valence electrons. The Bertz CT molecular complexity index is 221. The van der Waals surface area contributed by atoms with Gasteiger partial charge in [-0.15, -0.1) is 0 Å². The number of nitrogens with zero attached hydrogens (tertiary/aromatic N) is 1. The Morgan fingerprint density at radius 3 is 2.41 bits per heavy atom. The summed E-state index contributed by atoms with van der Waals surface area (Å²) in [6.07, 6.45) is 7.03. The summed E-state index contributed by atoms with van der Waals surface area (Å²) in [5.41, 5.74) is 0. The normalized spacial score (nSPS) is 32.5. The van der Waals surface area contributed by atoms with Crippen molar-refractivity contribution in [2.75, 3.05) is 19.6 Å². The Labute approximate surface area is 107 Å². The highest BCUT2D eigenvalue weighted by Gasteiger charge is 2.26. The zero-order valence-corrected chi connectivity index (χ0v) is 11.9. The predicted octanol–water partition coefficient (Wildman–Crippen LogP) is 2.89. The van der Waals surface area contributed by atoms with Gasteiger partial charge in [-0.25, -0.2) is 0 Å². The van der Waals surface area contributed by atoms with Gasteiger partial charge in [0, 0.05) is 18.6 Å². The van der Waals surface area contributed by atoms with Crippen LogP contribution in [0.3, 0.4) is 0 Å². The van der Waals surface area contributed by atoms with Gasteiger partial charge < -0.3 is 5.32 Å². The molecule has 2 fully saturated rings. The molecule has 1 aliphatic carbocycles. The standard InChI is InChI=1S/C15H30N2/c1-12(2)15(17-8-4-5-9-17)11-16-14-7-6-13(3)10-14/h12-16H,4-11H2,1-3H3. The molecule has 0 aromatic heterocycles. The van der Waals surface area contributed by atoms with Gasteiger partial charge in [0.2, 0.25) is 0 Å². The first-order valence-corrected chi connectivity index (χ1v) is 7.64. The number of nitrogens with one attached hydrogen (secondary N) is 1. The largest absolute Gasteiger partial charge is 0.312 e. The van der Waals surface area contributed by atoms with Crippen LogP contribution in [0.2, 0.25) is 0 Å². The highest BCUT2D eigenvalue weighted by Crippen LogP contribution is 2.25. The molecule has 0 aromatic carbocycles. The summed E-state index contributed by atoms with van der Waals surface area (Å²) in [6, 6.07) is 1.56. The van der Waals surface area contributed by atoms with Gasteiger partial charge in [-0.05, 0) is 57.0 Å². The third kappa shape index (κ3) is 3.69. The molecule has 2 rings (SSSR count). The molecule has 3 atom stereocenters. The van der Waals surface area contributed by atoms with Gasteiger partial charge >= 0.3 is 0 Å². The molecule has 17 heavy (non-hydrogen) atoms. The average molecular weight is 238 g/mol. The monoisotopic (exact) mass is 238 g/mol. The van der Waals surface area contributed by atoms with Gasteiger partial charge in [0.1, 0.15) is 0 Å². The van der Waals surface area contributed by atoms with Crippen LogP contribution < -0.4 is 5.32 Å². The van der Waals surface area contributed by atoms with E-state index in [4.69, 9.17) is 0 Å². The minimum atomic E-state index is 0.758. The summed E-state index contributed by atoms with van der Waals surface area (Å²) >= 11 is 0. The SMILES string of the molecule is CC1CCC(NCC(C(C)C)N2CCCC2)C1. The van der Waals surface area contributed by atoms with Crippen LogP contribution in [0.25, 0.3) is 0 Å². The van der Waals surface area contributed by atoms with Crippen LogP contribution in [0.4, 0.5) is 0 Å². The molecule has 1 saturated carbocycles. The van der Waals surface area contributed by atoms with E-state index in [1.165, 1.54) is 51.7 Å². The molecule has 0 aromatic rings. The Kier molecular flexibility index (Phi) is 4.87. The van der Waals surface area contributed by atoms with E-state index in [0.29, 0.717) is 0 Å². The molecule has 1 aliphatic heterocycles. The molecule has 2 aliphatic rings. The van der Waals surface area contributed by atoms with Crippen molar-refractivity contribution in [3.63, 3.8) is 0 Å². The highest BCUT2D eigenvalue weighted by molar-refractivity contribution is 4.84. The second-order valence-electron chi connectivity index (χ2n) is 6.58. The lowest BCUT2D eigenvalue weighted by molar-refractivity contribution is 0.182. The topological polar surface area (TPSA) is 15.3 Å². The highest BCUT2D eigenvalue weighted by atomic mass is 15.2. The predicted molar refractivity (Wildman–Crippen MR) is 74.2 cm³/mol. The van der Waals surface area contributed by atoms with Gasteiger partial charge in [0.25, 0.3) is 0 Å². The fourth-order valence-corrected chi connectivity index (χ4v) is 3.54. The first kappa shape index (κ1) is 13.4. The van der Waals surface area contributed by atoms with E-state index in [1.54, 1.807) is 0 Å². The van der Waals surface area contributed by atoms with Crippen molar-refractivity contribution in [1.82, 2.24) is 10.2 Å². The average Bonchev–Trinajstić information content (AvgIpc) is 2.90. The molecular formula is C15H30N2. The first-order chi connectivity index (χ1) is 8.16. The zero-order valence-electron chi connectivity index (χ0n) is 11.9. The van der Waals surface area contributed by atoms with Crippen LogP contribution in [-0.2, 0) is 0 Å². The number of likely N-dealkylation sites (tertiary alicyclic amines) is 1. The van der Waals surface area contributed by atoms with Crippen LogP contribution in [-0.4, -0.2) is 36.6 Å². The lowest BCUT2D eigenvalue weighted by atomic mass is 10.0. The first-order valence-electron chi connectivity index (χ1n) is 7.64. The fraction of sp³-hybridized carbons (Fsp3) is 1.00. The lowest BCUT2D eigenvalue weighted by Crippen LogP contribution is -2.46. The Morgan fingerprint density at radius 2 is 1.88 bits per heavy atom. The summed E-state index contributed by atoms with van der Waals surface area (Å²) in [5, 5.41) is 3.83. The molecule has 0 radical (unpaired) electrons. The Morgan fingerprint density at radius 1 is 1.18 bits per heavy atom. The van der Waals surface area contributed by atoms with Crippen LogP contribution in [0, 0.1) is 11.8 Å². The molecule has 1 N–H and O–H groups in total. The van der Waals surface area contributed by atoms with Crippen molar-refractivity contribution < 1.29 is 0 Å². The second kappa shape index (κ2) is 6.19. The summed E-state index contributed by atoms with van der Waals surface area (Å²) in [7, 11) is 0. The van der Waals surface area contributed by atoms with E-state index in [9.17, 15) is 0 Å².